The van der Waals surface area contributed by atoms with Crippen LogP contribution in [0.15, 0.2) is 30.3 Å². The van der Waals surface area contributed by atoms with E-state index >= 15 is 0 Å². The van der Waals surface area contributed by atoms with Gasteiger partial charge in [0.15, 0.2) is 0 Å². The van der Waals surface area contributed by atoms with E-state index in [9.17, 15) is 14.4 Å². The monoisotopic (exact) mass is 372 g/mol. The Morgan fingerprint density at radius 2 is 1.59 bits per heavy atom. The summed E-state index contributed by atoms with van der Waals surface area (Å²) in [5.41, 5.74) is 1.16. The Hall–Kier alpha value is -2.37. The van der Waals surface area contributed by atoms with E-state index in [1.165, 1.54) is 0 Å². The Balaban J connectivity index is 1.47. The SMILES string of the molecule is O=C(O)[C@@H]1CC[C@H](C(=O)N2CCCN(C(=O)CCc3ccccc3)CC2)C1. The van der Waals surface area contributed by atoms with Crippen LogP contribution in [0.4, 0.5) is 0 Å². The van der Waals surface area contributed by atoms with Gasteiger partial charge in [-0.1, -0.05) is 30.3 Å². The number of hydrogen-bond acceptors (Lipinski definition) is 3. The van der Waals surface area contributed by atoms with E-state index in [1.54, 1.807) is 0 Å². The highest BCUT2D eigenvalue weighted by Crippen LogP contribution is 2.32. The Morgan fingerprint density at radius 3 is 2.30 bits per heavy atom. The minimum absolute atomic E-state index is 0.0670. The largest absolute Gasteiger partial charge is 0.481 e. The van der Waals surface area contributed by atoms with Crippen LogP contribution >= 0.6 is 0 Å². The first-order chi connectivity index (χ1) is 13.0. The highest BCUT2D eigenvalue weighted by atomic mass is 16.4. The molecule has 1 saturated carbocycles. The summed E-state index contributed by atoms with van der Waals surface area (Å²) in [6.07, 6.45) is 3.69. The zero-order valence-corrected chi connectivity index (χ0v) is 15.7. The van der Waals surface area contributed by atoms with Crippen LogP contribution < -0.4 is 0 Å². The standard InChI is InChI=1S/C21H28N2O4/c24-19(10-7-16-5-2-1-3-6-16)22-11-4-12-23(14-13-22)20(25)17-8-9-18(15-17)21(26)27/h1-3,5-6,17-18H,4,7-15H2,(H,26,27)/t17-,18+/m0/s1. The number of rotatable bonds is 5. The molecule has 2 fully saturated rings. The third-order valence-corrected chi connectivity index (χ3v) is 5.76. The summed E-state index contributed by atoms with van der Waals surface area (Å²) in [7, 11) is 0. The second-order valence-electron chi connectivity index (χ2n) is 7.59. The fraction of sp³-hybridized carbons (Fsp3) is 0.571. The van der Waals surface area contributed by atoms with Gasteiger partial charge >= 0.3 is 5.97 Å². The number of benzene rings is 1. The van der Waals surface area contributed by atoms with Gasteiger partial charge in [0.05, 0.1) is 5.92 Å². The third-order valence-electron chi connectivity index (χ3n) is 5.76. The van der Waals surface area contributed by atoms with Gasteiger partial charge in [-0.25, -0.2) is 0 Å². The summed E-state index contributed by atoms with van der Waals surface area (Å²) in [6.45, 7) is 2.44. The van der Waals surface area contributed by atoms with Crippen LogP contribution in [0.1, 0.15) is 37.7 Å². The van der Waals surface area contributed by atoms with Crippen molar-refractivity contribution in [1.82, 2.24) is 9.80 Å². The fourth-order valence-electron chi connectivity index (χ4n) is 4.13. The highest BCUT2D eigenvalue weighted by Gasteiger charge is 2.36. The van der Waals surface area contributed by atoms with Gasteiger partial charge in [0.1, 0.15) is 0 Å². The predicted octanol–water partition coefficient (Wildman–Crippen LogP) is 2.18. The molecule has 6 heteroatoms. The molecule has 1 aromatic carbocycles. The van der Waals surface area contributed by atoms with Crippen molar-refractivity contribution in [3.63, 3.8) is 0 Å². The van der Waals surface area contributed by atoms with E-state index in [0.717, 1.165) is 18.4 Å². The van der Waals surface area contributed by atoms with Gasteiger partial charge in [-0.15, -0.1) is 0 Å². The van der Waals surface area contributed by atoms with Crippen LogP contribution in [0.5, 0.6) is 0 Å². The molecule has 1 saturated heterocycles. The molecule has 0 aromatic heterocycles. The van der Waals surface area contributed by atoms with Crippen LogP contribution in [-0.2, 0) is 20.8 Å². The van der Waals surface area contributed by atoms with E-state index in [-0.39, 0.29) is 23.7 Å². The Kier molecular flexibility index (Phi) is 6.48. The van der Waals surface area contributed by atoms with Gasteiger partial charge in [0, 0.05) is 38.5 Å². The number of nitrogens with zero attached hydrogens (tertiary/aromatic N) is 2. The van der Waals surface area contributed by atoms with Crippen LogP contribution in [0.25, 0.3) is 0 Å². The molecule has 0 spiro atoms. The van der Waals surface area contributed by atoms with Gasteiger partial charge in [0.2, 0.25) is 11.8 Å². The lowest BCUT2D eigenvalue weighted by Gasteiger charge is -2.24. The minimum atomic E-state index is -0.795. The summed E-state index contributed by atoms with van der Waals surface area (Å²) in [5, 5.41) is 9.13. The molecule has 2 aliphatic rings. The molecule has 1 heterocycles. The second kappa shape index (κ2) is 9.02. The average Bonchev–Trinajstić information content (AvgIpc) is 3.05. The average molecular weight is 372 g/mol. The molecular formula is C21H28N2O4. The van der Waals surface area contributed by atoms with Gasteiger partial charge in [-0.2, -0.15) is 0 Å². The number of aliphatic carboxylic acids is 1. The van der Waals surface area contributed by atoms with Crippen molar-refractivity contribution in [2.24, 2.45) is 11.8 Å². The predicted molar refractivity (Wildman–Crippen MR) is 101 cm³/mol. The Labute approximate surface area is 160 Å². The van der Waals surface area contributed by atoms with E-state index in [1.807, 2.05) is 40.1 Å². The van der Waals surface area contributed by atoms with Crippen molar-refractivity contribution in [3.8, 4) is 0 Å². The quantitative estimate of drug-likeness (QED) is 0.859. The summed E-state index contributed by atoms with van der Waals surface area (Å²) in [4.78, 5) is 40.1. The molecule has 2 atom stereocenters. The first kappa shape index (κ1) is 19.4. The molecule has 27 heavy (non-hydrogen) atoms. The number of carbonyl (C=O) groups is 3. The maximum atomic E-state index is 12.7. The van der Waals surface area contributed by atoms with Crippen molar-refractivity contribution in [3.05, 3.63) is 35.9 Å². The molecule has 3 rings (SSSR count). The highest BCUT2D eigenvalue weighted by molar-refractivity contribution is 5.81. The molecular weight excluding hydrogens is 344 g/mol. The number of carbonyl (C=O) groups excluding carboxylic acids is 2. The lowest BCUT2D eigenvalue weighted by atomic mass is 10.0. The number of carboxylic acid groups (broad SMARTS) is 1. The maximum absolute atomic E-state index is 12.7. The Bertz CT molecular complexity index is 676. The van der Waals surface area contributed by atoms with Gasteiger partial charge in [-0.05, 0) is 37.7 Å². The summed E-state index contributed by atoms with van der Waals surface area (Å²) in [5.74, 6) is -1.15. The lowest BCUT2D eigenvalue weighted by molar-refractivity contribution is -0.142. The molecule has 6 nitrogen and oxygen atoms in total. The van der Waals surface area contributed by atoms with Crippen molar-refractivity contribution >= 4 is 17.8 Å². The van der Waals surface area contributed by atoms with E-state index < -0.39 is 5.97 Å². The minimum Gasteiger partial charge on any atom is -0.481 e. The summed E-state index contributed by atoms with van der Waals surface area (Å²) in [6, 6.07) is 9.99. The Morgan fingerprint density at radius 1 is 0.926 bits per heavy atom. The molecule has 0 unspecified atom stereocenters. The molecule has 1 aliphatic carbocycles. The van der Waals surface area contributed by atoms with Crippen LogP contribution in [0.2, 0.25) is 0 Å². The smallest absolute Gasteiger partial charge is 0.306 e. The van der Waals surface area contributed by atoms with Crippen LogP contribution in [0, 0.1) is 11.8 Å². The molecule has 0 bridgehead atoms. The molecule has 2 amide bonds. The van der Waals surface area contributed by atoms with E-state index in [4.69, 9.17) is 5.11 Å². The zero-order valence-electron chi connectivity index (χ0n) is 15.7. The number of amides is 2. The van der Waals surface area contributed by atoms with Crippen molar-refractivity contribution in [2.45, 2.75) is 38.5 Å². The summed E-state index contributed by atoms with van der Waals surface area (Å²) >= 11 is 0. The topological polar surface area (TPSA) is 77.9 Å². The van der Waals surface area contributed by atoms with Crippen molar-refractivity contribution in [2.75, 3.05) is 26.2 Å². The molecule has 1 N–H and O–H groups in total. The lowest BCUT2D eigenvalue weighted by Crippen LogP contribution is -2.39. The van der Waals surface area contributed by atoms with Crippen molar-refractivity contribution in [1.29, 1.82) is 0 Å². The first-order valence-corrected chi connectivity index (χ1v) is 9.88. The summed E-state index contributed by atoms with van der Waals surface area (Å²) < 4.78 is 0. The number of hydrogen-bond donors (Lipinski definition) is 1. The number of carboxylic acids is 1. The number of aryl methyl sites for hydroxylation is 1. The molecule has 0 radical (unpaired) electrons. The fourth-order valence-corrected chi connectivity index (χ4v) is 4.13. The first-order valence-electron chi connectivity index (χ1n) is 9.88. The molecule has 1 aromatic rings. The zero-order chi connectivity index (χ0) is 19.2. The normalized spacial score (nSPS) is 23.1. The van der Waals surface area contributed by atoms with E-state index in [2.05, 4.69) is 0 Å². The van der Waals surface area contributed by atoms with Gasteiger partial charge < -0.3 is 14.9 Å². The third kappa shape index (κ3) is 5.08. The van der Waals surface area contributed by atoms with E-state index in [0.29, 0.717) is 51.9 Å². The van der Waals surface area contributed by atoms with Crippen LogP contribution in [0.3, 0.4) is 0 Å². The second-order valence-corrected chi connectivity index (χ2v) is 7.59. The molecule has 146 valence electrons. The van der Waals surface area contributed by atoms with Crippen molar-refractivity contribution < 1.29 is 19.5 Å². The molecule has 1 aliphatic heterocycles. The maximum Gasteiger partial charge on any atom is 0.306 e. The van der Waals surface area contributed by atoms with Gasteiger partial charge in [-0.3, -0.25) is 14.4 Å². The van der Waals surface area contributed by atoms with Crippen LogP contribution in [-0.4, -0.2) is 58.9 Å². The van der Waals surface area contributed by atoms with Gasteiger partial charge in [0.25, 0.3) is 0 Å².